The maximum atomic E-state index is 5.96. The number of halogens is 2. The van der Waals surface area contributed by atoms with Crippen molar-refractivity contribution in [2.75, 3.05) is 11.5 Å². The first kappa shape index (κ1) is 15.4. The highest BCUT2D eigenvalue weighted by Crippen LogP contribution is 2.29. The number of benzene rings is 2. The highest BCUT2D eigenvalue weighted by Gasteiger charge is 2.11. The van der Waals surface area contributed by atoms with Crippen LogP contribution in [-0.2, 0) is 6.54 Å². The number of rotatable bonds is 2. The lowest BCUT2D eigenvalue weighted by Gasteiger charge is -2.09. The lowest BCUT2D eigenvalue weighted by atomic mass is 10.1. The minimum atomic E-state index is 0.191. The summed E-state index contributed by atoms with van der Waals surface area (Å²) in [6.07, 6.45) is 2.05. The minimum Gasteiger partial charge on any atom is -0.383 e. The fraction of sp³-hybridized carbons (Fsp3) is 0.0588. The lowest BCUT2D eigenvalue weighted by molar-refractivity contribution is 0.833. The number of anilines is 2. The maximum Gasteiger partial charge on any atom is 0.222 e. The van der Waals surface area contributed by atoms with Crippen LogP contribution >= 0.6 is 31.9 Å². The summed E-state index contributed by atoms with van der Waals surface area (Å²) in [6, 6.07) is 12.2. The van der Waals surface area contributed by atoms with Gasteiger partial charge in [0, 0.05) is 32.5 Å². The Bertz CT molecular complexity index is 1090. The van der Waals surface area contributed by atoms with Crippen LogP contribution in [0.3, 0.4) is 0 Å². The van der Waals surface area contributed by atoms with E-state index in [0.717, 1.165) is 37.3 Å². The largest absolute Gasteiger partial charge is 0.383 e. The molecule has 2 aromatic heterocycles. The fourth-order valence-corrected chi connectivity index (χ4v) is 4.05. The van der Waals surface area contributed by atoms with Gasteiger partial charge in [0.1, 0.15) is 5.82 Å². The molecule has 0 saturated heterocycles. The van der Waals surface area contributed by atoms with E-state index in [0.29, 0.717) is 5.82 Å². The van der Waals surface area contributed by atoms with Crippen LogP contribution < -0.4 is 11.5 Å². The van der Waals surface area contributed by atoms with Gasteiger partial charge in [-0.1, -0.05) is 37.9 Å². The quantitative estimate of drug-likeness (QED) is 0.480. The highest BCUT2D eigenvalue weighted by atomic mass is 79.9. The number of nitrogens with zero attached hydrogens (tertiary/aromatic N) is 3. The van der Waals surface area contributed by atoms with Crippen molar-refractivity contribution in [3.05, 3.63) is 57.1 Å². The van der Waals surface area contributed by atoms with Gasteiger partial charge in [0.05, 0.1) is 11.0 Å². The lowest BCUT2D eigenvalue weighted by Crippen LogP contribution is -2.01. The number of hydrogen-bond donors (Lipinski definition) is 2. The van der Waals surface area contributed by atoms with E-state index in [4.69, 9.17) is 11.5 Å². The van der Waals surface area contributed by atoms with Crippen molar-refractivity contribution < 1.29 is 0 Å². The van der Waals surface area contributed by atoms with Crippen LogP contribution in [0.1, 0.15) is 5.56 Å². The van der Waals surface area contributed by atoms with Gasteiger partial charge in [-0.2, -0.15) is 4.98 Å². The average molecular weight is 447 g/mol. The molecule has 120 valence electrons. The molecule has 2 aromatic carbocycles. The van der Waals surface area contributed by atoms with Gasteiger partial charge < -0.3 is 16.0 Å². The van der Waals surface area contributed by atoms with Crippen molar-refractivity contribution in [2.45, 2.75) is 6.54 Å². The molecular weight excluding hydrogens is 434 g/mol. The number of nitrogen functional groups attached to an aromatic ring is 2. The van der Waals surface area contributed by atoms with Crippen LogP contribution in [0, 0.1) is 0 Å². The van der Waals surface area contributed by atoms with Gasteiger partial charge in [0.2, 0.25) is 5.95 Å². The summed E-state index contributed by atoms with van der Waals surface area (Å²) in [5.41, 5.74) is 14.8. The van der Waals surface area contributed by atoms with Gasteiger partial charge in [0.15, 0.2) is 0 Å². The third kappa shape index (κ3) is 2.53. The van der Waals surface area contributed by atoms with E-state index >= 15 is 0 Å². The summed E-state index contributed by atoms with van der Waals surface area (Å²) in [6.45, 7) is 0.749. The summed E-state index contributed by atoms with van der Waals surface area (Å²) in [4.78, 5) is 8.40. The molecule has 0 atom stereocenters. The highest BCUT2D eigenvalue weighted by molar-refractivity contribution is 9.11. The minimum absolute atomic E-state index is 0.191. The summed E-state index contributed by atoms with van der Waals surface area (Å²) in [7, 11) is 0. The molecule has 0 fully saturated rings. The van der Waals surface area contributed by atoms with Crippen molar-refractivity contribution in [1.29, 1.82) is 0 Å². The molecule has 7 heteroatoms. The van der Waals surface area contributed by atoms with E-state index in [-0.39, 0.29) is 5.95 Å². The fourth-order valence-electron chi connectivity index (χ4n) is 2.88. The van der Waals surface area contributed by atoms with Gasteiger partial charge in [-0.25, -0.2) is 4.98 Å². The predicted molar refractivity (Wildman–Crippen MR) is 105 cm³/mol. The molecule has 0 saturated carbocycles. The zero-order chi connectivity index (χ0) is 16.8. The molecular formula is C17H13Br2N5. The van der Waals surface area contributed by atoms with Crippen LogP contribution in [0.4, 0.5) is 11.8 Å². The number of fused-ring (bicyclic) bond motifs is 3. The topological polar surface area (TPSA) is 82.7 Å². The van der Waals surface area contributed by atoms with Crippen molar-refractivity contribution >= 4 is 65.4 Å². The summed E-state index contributed by atoms with van der Waals surface area (Å²) < 4.78 is 4.29. The Kier molecular flexibility index (Phi) is 3.69. The summed E-state index contributed by atoms with van der Waals surface area (Å²) in [5.74, 6) is 0.596. The molecule has 24 heavy (non-hydrogen) atoms. The Morgan fingerprint density at radius 3 is 2.58 bits per heavy atom. The van der Waals surface area contributed by atoms with E-state index in [1.807, 2.05) is 36.5 Å². The summed E-state index contributed by atoms with van der Waals surface area (Å²) in [5, 5.41) is 1.83. The van der Waals surface area contributed by atoms with Gasteiger partial charge in [-0.15, -0.1) is 0 Å². The average Bonchev–Trinajstić information content (AvgIpc) is 2.93. The monoisotopic (exact) mass is 445 g/mol. The summed E-state index contributed by atoms with van der Waals surface area (Å²) >= 11 is 7.10. The first-order chi connectivity index (χ1) is 11.5. The van der Waals surface area contributed by atoms with Gasteiger partial charge in [-0.3, -0.25) is 0 Å². The molecule has 0 bridgehead atoms. The molecule has 0 unspecified atom stereocenters. The van der Waals surface area contributed by atoms with E-state index in [1.54, 1.807) is 0 Å². The maximum absolute atomic E-state index is 5.96. The SMILES string of the molecule is Nc1nc(N)c2ccc3c(ccn3Cc3ccc(Br)cc3Br)c2n1. The molecule has 0 aliphatic carbocycles. The first-order valence-electron chi connectivity index (χ1n) is 7.27. The normalized spacial score (nSPS) is 11.4. The Labute approximate surface area is 154 Å². The molecule has 4 N–H and O–H groups in total. The van der Waals surface area contributed by atoms with Crippen LogP contribution in [0.2, 0.25) is 0 Å². The molecule has 0 spiro atoms. The zero-order valence-electron chi connectivity index (χ0n) is 12.5. The Morgan fingerprint density at radius 1 is 0.958 bits per heavy atom. The number of aromatic nitrogens is 3. The van der Waals surface area contributed by atoms with Crippen LogP contribution in [0.25, 0.3) is 21.8 Å². The second-order valence-corrected chi connectivity index (χ2v) is 7.31. The smallest absolute Gasteiger partial charge is 0.222 e. The van der Waals surface area contributed by atoms with Crippen LogP contribution in [0.5, 0.6) is 0 Å². The Balaban J connectivity index is 1.87. The predicted octanol–water partition coefficient (Wildman–Crippen LogP) is 4.32. The van der Waals surface area contributed by atoms with Crippen molar-refractivity contribution in [3.8, 4) is 0 Å². The van der Waals surface area contributed by atoms with Gasteiger partial charge >= 0.3 is 0 Å². The second-order valence-electron chi connectivity index (χ2n) is 5.54. The molecule has 2 heterocycles. The van der Waals surface area contributed by atoms with Crippen molar-refractivity contribution in [2.24, 2.45) is 0 Å². The molecule has 0 aliphatic heterocycles. The molecule has 0 radical (unpaired) electrons. The first-order valence-corrected chi connectivity index (χ1v) is 8.86. The second kappa shape index (κ2) is 5.75. The third-order valence-electron chi connectivity index (χ3n) is 4.02. The molecule has 4 rings (SSSR count). The van der Waals surface area contributed by atoms with E-state index in [1.165, 1.54) is 5.56 Å². The Hall–Kier alpha value is -2.12. The Morgan fingerprint density at radius 2 is 1.79 bits per heavy atom. The van der Waals surface area contributed by atoms with E-state index in [9.17, 15) is 0 Å². The molecule has 5 nitrogen and oxygen atoms in total. The van der Waals surface area contributed by atoms with Gasteiger partial charge in [0.25, 0.3) is 0 Å². The zero-order valence-corrected chi connectivity index (χ0v) is 15.7. The number of hydrogen-bond acceptors (Lipinski definition) is 4. The number of nitrogens with two attached hydrogens (primary N) is 2. The third-order valence-corrected chi connectivity index (χ3v) is 5.25. The van der Waals surface area contributed by atoms with Crippen LogP contribution in [0.15, 0.2) is 51.5 Å². The van der Waals surface area contributed by atoms with Crippen LogP contribution in [-0.4, -0.2) is 14.5 Å². The molecule has 0 amide bonds. The molecule has 4 aromatic rings. The van der Waals surface area contributed by atoms with Crippen molar-refractivity contribution in [3.63, 3.8) is 0 Å². The van der Waals surface area contributed by atoms with Gasteiger partial charge in [-0.05, 0) is 35.9 Å². The van der Waals surface area contributed by atoms with E-state index < -0.39 is 0 Å². The standard InChI is InChI=1S/C17H13Br2N5/c18-10-2-1-9(13(19)7-10)8-24-6-5-11-14(24)4-3-12-15(11)22-17(21)23-16(12)20/h1-7H,8H2,(H4,20,21,22,23). The van der Waals surface area contributed by atoms with E-state index in [2.05, 4.69) is 52.5 Å². The molecule has 0 aliphatic rings. The van der Waals surface area contributed by atoms with Crippen molar-refractivity contribution in [1.82, 2.24) is 14.5 Å².